The van der Waals surface area contributed by atoms with Crippen LogP contribution in [0.1, 0.15) is 0 Å². The lowest BCUT2D eigenvalue weighted by atomic mass is 10.4. The van der Waals surface area contributed by atoms with Crippen LogP contribution in [-0.2, 0) is 0 Å². The first kappa shape index (κ1) is 6.29. The lowest BCUT2D eigenvalue weighted by Gasteiger charge is -1.90. The van der Waals surface area contributed by atoms with Crippen LogP contribution in [0.4, 0.5) is 5.82 Å². The highest BCUT2D eigenvalue weighted by atomic mass is 32.1. The van der Waals surface area contributed by atoms with Crippen molar-refractivity contribution in [1.82, 2.24) is 15.4 Å². The topological polar surface area (TPSA) is 84.9 Å². The molecule has 0 amide bonds. The molecule has 2 aromatic rings. The first-order chi connectivity index (χ1) is 5.29. The fourth-order valence-electron chi connectivity index (χ4n) is 0.815. The van der Waals surface area contributed by atoms with Crippen molar-refractivity contribution in [3.8, 4) is 5.75 Å². The Hall–Kier alpha value is -1.43. The molecule has 2 rings (SSSR count). The molecule has 56 valence electrons. The zero-order valence-electron chi connectivity index (χ0n) is 5.35. The predicted molar refractivity (Wildman–Crippen MR) is 41.3 cm³/mol. The first-order valence-corrected chi connectivity index (χ1v) is 3.72. The van der Waals surface area contributed by atoms with E-state index in [2.05, 4.69) is 15.4 Å². The summed E-state index contributed by atoms with van der Waals surface area (Å²) in [6.45, 7) is 0. The molecule has 6 heteroatoms. The van der Waals surface area contributed by atoms with E-state index >= 15 is 0 Å². The van der Waals surface area contributed by atoms with Crippen LogP contribution in [0, 0.1) is 0 Å². The van der Waals surface area contributed by atoms with E-state index in [4.69, 9.17) is 5.73 Å². The van der Waals surface area contributed by atoms with E-state index in [-0.39, 0.29) is 11.6 Å². The molecule has 0 spiro atoms. The fraction of sp³-hybridized carbons (Fsp3) is 0. The normalized spacial score (nSPS) is 10.5. The Morgan fingerprint density at radius 1 is 1.45 bits per heavy atom. The molecule has 11 heavy (non-hydrogen) atoms. The predicted octanol–water partition coefficient (Wildman–Crippen LogP) is 0.374. The Morgan fingerprint density at radius 3 is 3.00 bits per heavy atom. The van der Waals surface area contributed by atoms with E-state index in [1.165, 1.54) is 11.3 Å². The largest absolute Gasteiger partial charge is 0.506 e. The highest BCUT2D eigenvalue weighted by molar-refractivity contribution is 7.17. The van der Waals surface area contributed by atoms with Crippen molar-refractivity contribution in [2.75, 3.05) is 5.73 Å². The lowest BCUT2D eigenvalue weighted by molar-refractivity contribution is 0.483. The average molecular weight is 168 g/mol. The Kier molecular flexibility index (Phi) is 1.16. The Morgan fingerprint density at radius 2 is 2.27 bits per heavy atom. The molecule has 0 saturated heterocycles. The molecule has 5 nitrogen and oxygen atoms in total. The van der Waals surface area contributed by atoms with Crippen LogP contribution in [0.15, 0.2) is 5.38 Å². The van der Waals surface area contributed by atoms with Crippen molar-refractivity contribution < 1.29 is 5.11 Å². The highest BCUT2D eigenvalue weighted by Gasteiger charge is 2.07. The second-order valence-corrected chi connectivity index (χ2v) is 2.83. The quantitative estimate of drug-likeness (QED) is 0.593. The number of thiophene rings is 1. The smallest absolute Gasteiger partial charge is 0.162 e. The van der Waals surface area contributed by atoms with E-state index in [1.807, 2.05) is 0 Å². The van der Waals surface area contributed by atoms with Gasteiger partial charge in [-0.1, -0.05) is 0 Å². The van der Waals surface area contributed by atoms with Gasteiger partial charge in [0.15, 0.2) is 10.6 Å². The Labute approximate surface area is 65.5 Å². The number of hydrogen-bond acceptors (Lipinski definition) is 6. The van der Waals surface area contributed by atoms with Gasteiger partial charge in [0.25, 0.3) is 0 Å². The molecule has 0 bridgehead atoms. The number of aromatic nitrogens is 3. The Bertz CT molecular complexity index is 398. The van der Waals surface area contributed by atoms with Gasteiger partial charge in [0.05, 0.1) is 5.39 Å². The molecule has 0 atom stereocenters. The number of aromatic hydroxyl groups is 1. The molecule has 0 saturated carbocycles. The van der Waals surface area contributed by atoms with Gasteiger partial charge >= 0.3 is 0 Å². The number of rotatable bonds is 0. The molecule has 2 aromatic heterocycles. The monoisotopic (exact) mass is 168 g/mol. The summed E-state index contributed by atoms with van der Waals surface area (Å²) in [6.07, 6.45) is 0. The summed E-state index contributed by atoms with van der Waals surface area (Å²) in [6, 6.07) is 0. The molecule has 3 N–H and O–H groups in total. The average Bonchev–Trinajstić information content (AvgIpc) is 2.34. The molecule has 2 heterocycles. The first-order valence-electron chi connectivity index (χ1n) is 2.84. The SMILES string of the molecule is Nc1nnnc2scc(O)c12. The number of nitrogens with zero attached hydrogens (tertiary/aromatic N) is 3. The van der Waals surface area contributed by atoms with Crippen LogP contribution >= 0.6 is 11.3 Å². The van der Waals surface area contributed by atoms with E-state index in [0.29, 0.717) is 10.2 Å². The number of nitrogen functional groups attached to an aromatic ring is 1. The van der Waals surface area contributed by atoms with Crippen LogP contribution in [0.5, 0.6) is 5.75 Å². The van der Waals surface area contributed by atoms with E-state index < -0.39 is 0 Å². The summed E-state index contributed by atoms with van der Waals surface area (Å²) in [5, 5.41) is 21.8. The van der Waals surface area contributed by atoms with Crippen molar-refractivity contribution in [3.05, 3.63) is 5.38 Å². The molecular weight excluding hydrogens is 164 g/mol. The maximum absolute atomic E-state index is 9.21. The van der Waals surface area contributed by atoms with Crippen molar-refractivity contribution in [2.45, 2.75) is 0 Å². The van der Waals surface area contributed by atoms with Crippen LogP contribution in [0.25, 0.3) is 10.2 Å². The van der Waals surface area contributed by atoms with E-state index in [0.717, 1.165) is 0 Å². The second kappa shape index (κ2) is 2.03. The summed E-state index contributed by atoms with van der Waals surface area (Å²) in [7, 11) is 0. The molecular formula is C5H4N4OS. The number of anilines is 1. The number of fused-ring (bicyclic) bond motifs is 1. The zero-order valence-corrected chi connectivity index (χ0v) is 6.17. The van der Waals surface area contributed by atoms with Gasteiger partial charge in [-0.05, 0) is 5.21 Å². The van der Waals surface area contributed by atoms with E-state index in [9.17, 15) is 5.11 Å². The standard InChI is InChI=1S/C5H4N4OS/c6-4-3-2(10)1-11-5(3)8-9-7-4/h1,10H,(H2,6,7,8). The van der Waals surface area contributed by atoms with E-state index in [1.54, 1.807) is 5.38 Å². The summed E-state index contributed by atoms with van der Waals surface area (Å²) in [4.78, 5) is 0.606. The Balaban J connectivity index is 2.96. The van der Waals surface area contributed by atoms with Gasteiger partial charge in [-0.15, -0.1) is 21.5 Å². The van der Waals surface area contributed by atoms with Crippen molar-refractivity contribution in [2.24, 2.45) is 0 Å². The zero-order chi connectivity index (χ0) is 7.84. The van der Waals surface area contributed by atoms with Gasteiger partial charge in [0, 0.05) is 5.38 Å². The molecule has 0 radical (unpaired) electrons. The van der Waals surface area contributed by atoms with Gasteiger partial charge in [-0.25, -0.2) is 0 Å². The van der Waals surface area contributed by atoms with Crippen LogP contribution < -0.4 is 5.73 Å². The second-order valence-electron chi connectivity index (χ2n) is 1.98. The highest BCUT2D eigenvalue weighted by Crippen LogP contribution is 2.31. The third-order valence-corrected chi connectivity index (χ3v) is 2.15. The minimum Gasteiger partial charge on any atom is -0.506 e. The van der Waals surface area contributed by atoms with Crippen LogP contribution in [0.2, 0.25) is 0 Å². The minimum atomic E-state index is 0.116. The lowest BCUT2D eigenvalue weighted by Crippen LogP contribution is -1.94. The van der Waals surface area contributed by atoms with Crippen molar-refractivity contribution in [3.63, 3.8) is 0 Å². The van der Waals surface area contributed by atoms with Gasteiger partial charge < -0.3 is 10.8 Å². The van der Waals surface area contributed by atoms with Gasteiger partial charge in [-0.2, -0.15) is 0 Å². The molecule has 0 aliphatic carbocycles. The maximum atomic E-state index is 9.21. The van der Waals surface area contributed by atoms with Crippen LogP contribution in [-0.4, -0.2) is 20.5 Å². The summed E-state index contributed by atoms with van der Waals surface area (Å²) in [5.74, 6) is 0.332. The van der Waals surface area contributed by atoms with Crippen molar-refractivity contribution >= 4 is 27.4 Å². The molecule has 0 unspecified atom stereocenters. The van der Waals surface area contributed by atoms with Crippen molar-refractivity contribution in [1.29, 1.82) is 0 Å². The summed E-state index contributed by atoms with van der Waals surface area (Å²) >= 11 is 1.28. The minimum absolute atomic E-state index is 0.116. The molecule has 0 aliphatic rings. The van der Waals surface area contributed by atoms with Gasteiger partial charge in [-0.3, -0.25) is 0 Å². The molecule has 0 aromatic carbocycles. The third kappa shape index (κ3) is 0.795. The number of nitrogens with two attached hydrogens (primary N) is 1. The summed E-state index contributed by atoms with van der Waals surface area (Å²) in [5.41, 5.74) is 5.43. The van der Waals surface area contributed by atoms with Gasteiger partial charge in [0.1, 0.15) is 5.75 Å². The fourth-order valence-corrected chi connectivity index (χ4v) is 1.57. The summed E-state index contributed by atoms with van der Waals surface area (Å²) < 4.78 is 0. The van der Waals surface area contributed by atoms with Crippen LogP contribution in [0.3, 0.4) is 0 Å². The number of hydrogen-bond donors (Lipinski definition) is 2. The molecule has 0 fully saturated rings. The van der Waals surface area contributed by atoms with Gasteiger partial charge in [0.2, 0.25) is 0 Å². The molecule has 0 aliphatic heterocycles. The maximum Gasteiger partial charge on any atom is 0.162 e. The third-order valence-electron chi connectivity index (χ3n) is 1.30.